The number of aryl methyl sites for hydroxylation is 1. The van der Waals surface area contributed by atoms with Crippen LogP contribution >= 0.6 is 11.3 Å². The van der Waals surface area contributed by atoms with Gasteiger partial charge in [-0.25, -0.2) is 5.01 Å². The Hall–Kier alpha value is -3.73. The van der Waals surface area contributed by atoms with Crippen molar-refractivity contribution < 1.29 is 23.8 Å². The molecule has 1 aromatic heterocycles. The largest absolute Gasteiger partial charge is 0.497 e. The summed E-state index contributed by atoms with van der Waals surface area (Å²) in [6.07, 6.45) is 0.518. The van der Waals surface area contributed by atoms with Crippen LogP contribution in [0, 0.1) is 6.92 Å². The SMILES string of the molecule is COc1ccc(C2=NN(C(=O)CN(CCN3CCOCC3)C(=O)c3cccs3)C(c3ccc(C)cc3)C2)c(OC)c1. The van der Waals surface area contributed by atoms with Gasteiger partial charge in [-0.05, 0) is 36.1 Å². The van der Waals surface area contributed by atoms with Gasteiger partial charge in [-0.2, -0.15) is 5.10 Å². The lowest BCUT2D eigenvalue weighted by Crippen LogP contribution is -2.46. The van der Waals surface area contributed by atoms with E-state index in [4.69, 9.17) is 19.3 Å². The summed E-state index contributed by atoms with van der Waals surface area (Å²) in [6, 6.07) is 17.1. The van der Waals surface area contributed by atoms with E-state index in [0.29, 0.717) is 49.1 Å². The molecule has 10 heteroatoms. The van der Waals surface area contributed by atoms with E-state index >= 15 is 0 Å². The average Bonchev–Trinajstić information content (AvgIpc) is 3.71. The highest BCUT2D eigenvalue weighted by Crippen LogP contribution is 2.36. The molecule has 1 saturated heterocycles. The maximum absolute atomic E-state index is 14.0. The highest BCUT2D eigenvalue weighted by molar-refractivity contribution is 7.12. The Morgan fingerprint density at radius 2 is 1.85 bits per heavy atom. The Balaban J connectivity index is 1.43. The van der Waals surface area contributed by atoms with Crippen LogP contribution in [0.3, 0.4) is 0 Å². The molecule has 0 bridgehead atoms. The fourth-order valence-electron chi connectivity index (χ4n) is 5.12. The van der Waals surface area contributed by atoms with Crippen molar-refractivity contribution >= 4 is 28.9 Å². The zero-order chi connectivity index (χ0) is 28.8. The number of carbonyl (C=O) groups excluding carboxylic acids is 2. The normalized spacial score (nSPS) is 17.3. The van der Waals surface area contributed by atoms with E-state index < -0.39 is 0 Å². The summed E-state index contributed by atoms with van der Waals surface area (Å²) >= 11 is 1.38. The van der Waals surface area contributed by atoms with Gasteiger partial charge < -0.3 is 19.1 Å². The van der Waals surface area contributed by atoms with Gasteiger partial charge in [0.2, 0.25) is 0 Å². The molecule has 9 nitrogen and oxygen atoms in total. The number of ether oxygens (including phenoxy) is 3. The van der Waals surface area contributed by atoms with Crippen LogP contribution in [0.1, 0.15) is 38.8 Å². The summed E-state index contributed by atoms with van der Waals surface area (Å²) in [5.74, 6) is 0.925. The molecule has 0 spiro atoms. The van der Waals surface area contributed by atoms with Gasteiger partial charge in [-0.15, -0.1) is 11.3 Å². The number of hydrazone groups is 1. The van der Waals surface area contributed by atoms with E-state index in [2.05, 4.69) is 4.90 Å². The fourth-order valence-corrected chi connectivity index (χ4v) is 5.81. The van der Waals surface area contributed by atoms with Gasteiger partial charge in [0, 0.05) is 44.2 Å². The Bertz CT molecular complexity index is 1370. The monoisotopic (exact) mass is 576 g/mol. The van der Waals surface area contributed by atoms with Crippen molar-refractivity contribution in [2.75, 3.05) is 60.2 Å². The number of hydrogen-bond acceptors (Lipinski definition) is 8. The van der Waals surface area contributed by atoms with Gasteiger partial charge in [-0.1, -0.05) is 35.9 Å². The second-order valence-corrected chi connectivity index (χ2v) is 11.1. The molecular formula is C31H36N4O5S. The first-order valence-electron chi connectivity index (χ1n) is 13.8. The molecule has 3 heterocycles. The summed E-state index contributed by atoms with van der Waals surface area (Å²) in [5.41, 5.74) is 3.67. The molecule has 2 aromatic carbocycles. The summed E-state index contributed by atoms with van der Waals surface area (Å²) in [5, 5.41) is 8.27. The number of benzene rings is 2. The second kappa shape index (κ2) is 13.3. The standard InChI is InChI=1S/C31H36N4O5S/c1-22-6-8-23(9-7-22)27-20-26(25-11-10-24(38-2)19-28(25)39-3)32-35(27)30(36)21-34(31(37)29-5-4-18-41-29)13-12-33-14-16-40-17-15-33/h4-11,18-19,27H,12-17,20-21H2,1-3H3. The number of morpholine rings is 1. The highest BCUT2D eigenvalue weighted by Gasteiger charge is 2.35. The maximum Gasteiger partial charge on any atom is 0.264 e. The van der Waals surface area contributed by atoms with E-state index in [0.717, 1.165) is 35.5 Å². The lowest BCUT2D eigenvalue weighted by molar-refractivity contribution is -0.133. The van der Waals surface area contributed by atoms with Gasteiger partial charge in [-0.3, -0.25) is 14.5 Å². The Kier molecular flexibility index (Phi) is 9.33. The number of amides is 2. The number of methoxy groups -OCH3 is 2. The lowest BCUT2D eigenvalue weighted by Gasteiger charge is -2.31. The van der Waals surface area contributed by atoms with E-state index in [-0.39, 0.29) is 24.4 Å². The molecule has 1 atom stereocenters. The molecule has 2 amide bonds. The van der Waals surface area contributed by atoms with Crippen molar-refractivity contribution in [1.29, 1.82) is 0 Å². The van der Waals surface area contributed by atoms with Gasteiger partial charge in [0.15, 0.2) is 0 Å². The van der Waals surface area contributed by atoms with E-state index in [1.54, 1.807) is 30.2 Å². The first-order valence-corrected chi connectivity index (χ1v) is 14.7. The van der Waals surface area contributed by atoms with E-state index in [1.165, 1.54) is 11.3 Å². The van der Waals surface area contributed by atoms with Gasteiger partial charge in [0.1, 0.15) is 18.0 Å². The summed E-state index contributed by atoms with van der Waals surface area (Å²) in [4.78, 5) is 32.0. The van der Waals surface area contributed by atoms with Crippen LogP contribution in [0.5, 0.6) is 11.5 Å². The van der Waals surface area contributed by atoms with Crippen molar-refractivity contribution in [1.82, 2.24) is 14.8 Å². The van der Waals surface area contributed by atoms with Crippen LogP contribution in [0.2, 0.25) is 0 Å². The topological polar surface area (TPSA) is 83.9 Å². The first kappa shape index (κ1) is 28.8. The first-order chi connectivity index (χ1) is 20.0. The Labute approximate surface area is 244 Å². The van der Waals surface area contributed by atoms with Crippen molar-refractivity contribution in [3.63, 3.8) is 0 Å². The third-order valence-corrected chi connectivity index (χ3v) is 8.34. The summed E-state index contributed by atoms with van der Waals surface area (Å²) in [7, 11) is 3.22. The highest BCUT2D eigenvalue weighted by atomic mass is 32.1. The van der Waals surface area contributed by atoms with Crippen LogP contribution in [0.15, 0.2) is 65.1 Å². The Morgan fingerprint density at radius 3 is 2.54 bits per heavy atom. The number of thiophene rings is 1. The predicted octanol–water partition coefficient (Wildman–Crippen LogP) is 4.23. The molecule has 1 unspecified atom stereocenters. The van der Waals surface area contributed by atoms with Crippen LogP contribution in [-0.2, 0) is 9.53 Å². The van der Waals surface area contributed by atoms with Crippen LogP contribution in [0.25, 0.3) is 0 Å². The molecular weight excluding hydrogens is 540 g/mol. The van der Waals surface area contributed by atoms with Crippen LogP contribution in [-0.4, -0.2) is 92.5 Å². The zero-order valence-corrected chi connectivity index (χ0v) is 24.6. The average molecular weight is 577 g/mol. The van der Waals surface area contributed by atoms with Crippen molar-refractivity contribution in [3.8, 4) is 11.5 Å². The number of nitrogens with zero attached hydrogens (tertiary/aromatic N) is 4. The van der Waals surface area contributed by atoms with E-state index in [1.807, 2.05) is 60.8 Å². The van der Waals surface area contributed by atoms with Crippen LogP contribution < -0.4 is 9.47 Å². The minimum absolute atomic E-state index is 0.0695. The molecule has 1 fully saturated rings. The van der Waals surface area contributed by atoms with E-state index in [9.17, 15) is 9.59 Å². The number of carbonyl (C=O) groups is 2. The fraction of sp³-hybridized carbons (Fsp3) is 0.387. The molecule has 0 N–H and O–H groups in total. The van der Waals surface area contributed by atoms with Crippen molar-refractivity contribution in [2.45, 2.75) is 19.4 Å². The number of rotatable bonds is 10. The quantitative estimate of drug-likeness (QED) is 0.359. The van der Waals surface area contributed by atoms with Gasteiger partial charge in [0.05, 0.1) is 44.1 Å². The lowest BCUT2D eigenvalue weighted by atomic mass is 9.97. The minimum Gasteiger partial charge on any atom is -0.497 e. The summed E-state index contributed by atoms with van der Waals surface area (Å²) in [6.45, 7) is 6.06. The molecule has 5 rings (SSSR count). The van der Waals surface area contributed by atoms with Gasteiger partial charge >= 0.3 is 0 Å². The molecule has 2 aliphatic heterocycles. The molecule has 0 saturated carbocycles. The second-order valence-electron chi connectivity index (χ2n) is 10.1. The van der Waals surface area contributed by atoms with Crippen LogP contribution in [0.4, 0.5) is 0 Å². The van der Waals surface area contributed by atoms with Gasteiger partial charge in [0.25, 0.3) is 11.8 Å². The zero-order valence-electron chi connectivity index (χ0n) is 23.7. The third kappa shape index (κ3) is 6.78. The Morgan fingerprint density at radius 1 is 1.07 bits per heavy atom. The predicted molar refractivity (Wildman–Crippen MR) is 159 cm³/mol. The molecule has 41 heavy (non-hydrogen) atoms. The smallest absolute Gasteiger partial charge is 0.264 e. The number of hydrogen-bond donors (Lipinski definition) is 0. The maximum atomic E-state index is 14.0. The van der Waals surface area contributed by atoms with Crippen molar-refractivity contribution in [3.05, 3.63) is 81.5 Å². The molecule has 2 aliphatic rings. The molecule has 216 valence electrons. The molecule has 3 aromatic rings. The molecule has 0 aliphatic carbocycles. The van der Waals surface area contributed by atoms with Crippen molar-refractivity contribution in [2.24, 2.45) is 5.10 Å². The summed E-state index contributed by atoms with van der Waals surface area (Å²) < 4.78 is 16.5. The third-order valence-electron chi connectivity index (χ3n) is 7.48. The molecule has 0 radical (unpaired) electrons. The minimum atomic E-state index is -0.303.